The molecule has 1 aliphatic rings. The number of hydrogen-bond acceptors (Lipinski definition) is 4. The molecular formula is C12H18N4O. The summed E-state index contributed by atoms with van der Waals surface area (Å²) in [4.78, 5) is 0. The van der Waals surface area contributed by atoms with Crippen molar-refractivity contribution in [3.8, 4) is 6.07 Å². The molecule has 0 aliphatic carbocycles. The van der Waals surface area contributed by atoms with E-state index in [-0.39, 0.29) is 6.10 Å². The number of nitrogens with zero attached hydrogens (tertiary/aromatic N) is 4. The van der Waals surface area contributed by atoms with Crippen molar-refractivity contribution >= 4 is 0 Å². The maximum Gasteiger partial charge on any atom is 0.188 e. The van der Waals surface area contributed by atoms with Crippen LogP contribution in [0.25, 0.3) is 0 Å². The van der Waals surface area contributed by atoms with Crippen molar-refractivity contribution in [2.24, 2.45) is 0 Å². The van der Waals surface area contributed by atoms with Crippen LogP contribution < -0.4 is 0 Å². The van der Waals surface area contributed by atoms with Gasteiger partial charge in [0.25, 0.3) is 0 Å². The third-order valence-corrected chi connectivity index (χ3v) is 3.09. The van der Waals surface area contributed by atoms with Crippen LogP contribution in [-0.2, 0) is 11.3 Å². The summed E-state index contributed by atoms with van der Waals surface area (Å²) in [7, 11) is 0. The van der Waals surface area contributed by atoms with Crippen molar-refractivity contribution in [2.45, 2.75) is 51.7 Å². The zero-order valence-corrected chi connectivity index (χ0v) is 10.2. The minimum absolute atomic E-state index is 0.0151. The second kappa shape index (κ2) is 5.78. The second-order valence-electron chi connectivity index (χ2n) is 4.37. The van der Waals surface area contributed by atoms with Crippen LogP contribution in [0.1, 0.15) is 56.5 Å². The van der Waals surface area contributed by atoms with Gasteiger partial charge < -0.3 is 4.74 Å². The molecule has 1 unspecified atom stereocenters. The molecule has 0 spiro atoms. The van der Waals surface area contributed by atoms with Gasteiger partial charge >= 0.3 is 0 Å². The molecule has 92 valence electrons. The van der Waals surface area contributed by atoms with Crippen LogP contribution in [0.2, 0.25) is 0 Å². The van der Waals surface area contributed by atoms with Crippen LogP contribution in [0.5, 0.6) is 0 Å². The van der Waals surface area contributed by atoms with E-state index < -0.39 is 0 Å². The van der Waals surface area contributed by atoms with Crippen LogP contribution >= 0.6 is 0 Å². The fraction of sp³-hybridized carbons (Fsp3) is 0.750. The average molecular weight is 234 g/mol. The molecule has 5 heteroatoms. The van der Waals surface area contributed by atoms with E-state index in [0.717, 1.165) is 38.1 Å². The predicted molar refractivity (Wildman–Crippen MR) is 62.2 cm³/mol. The summed E-state index contributed by atoms with van der Waals surface area (Å²) in [5.74, 6) is 0. The number of hydrogen-bond donors (Lipinski definition) is 0. The highest BCUT2D eigenvalue weighted by molar-refractivity contribution is 5.27. The molecule has 0 bridgehead atoms. The lowest BCUT2D eigenvalue weighted by atomic mass is 10.1. The number of rotatable bonds is 5. The Bertz CT molecular complexity index is 401. The molecule has 0 radical (unpaired) electrons. The molecule has 0 N–H and O–H groups in total. The van der Waals surface area contributed by atoms with Crippen LogP contribution in [0.15, 0.2) is 0 Å². The number of ether oxygens (including phenoxy) is 1. The summed E-state index contributed by atoms with van der Waals surface area (Å²) < 4.78 is 7.49. The van der Waals surface area contributed by atoms with Crippen LogP contribution in [0, 0.1) is 11.3 Å². The normalized spacial score (nSPS) is 19.4. The van der Waals surface area contributed by atoms with E-state index >= 15 is 0 Å². The first-order valence-electron chi connectivity index (χ1n) is 6.32. The molecule has 1 saturated heterocycles. The van der Waals surface area contributed by atoms with Crippen LogP contribution in [0.4, 0.5) is 0 Å². The zero-order chi connectivity index (χ0) is 12.1. The first-order valence-corrected chi connectivity index (χ1v) is 6.32. The fourth-order valence-corrected chi connectivity index (χ4v) is 2.19. The molecule has 1 aliphatic heterocycles. The van der Waals surface area contributed by atoms with E-state index in [1.807, 2.05) is 4.68 Å². The summed E-state index contributed by atoms with van der Waals surface area (Å²) in [6, 6.07) is 2.11. The van der Waals surface area contributed by atoms with Crippen molar-refractivity contribution in [3.05, 3.63) is 11.4 Å². The van der Waals surface area contributed by atoms with Gasteiger partial charge in [-0.1, -0.05) is 25.0 Å². The van der Waals surface area contributed by atoms with Gasteiger partial charge in [0.2, 0.25) is 0 Å². The van der Waals surface area contributed by atoms with Crippen LogP contribution in [-0.4, -0.2) is 21.6 Å². The first-order chi connectivity index (χ1) is 8.36. The van der Waals surface area contributed by atoms with Gasteiger partial charge in [0.1, 0.15) is 17.9 Å². The standard InChI is InChI=1S/C12H18N4O/c1-2-3-4-7-16-12(10(9-13)14-15-16)11-6-5-8-17-11/h11H,2-8H2,1H3. The molecule has 2 heterocycles. The summed E-state index contributed by atoms with van der Waals surface area (Å²) >= 11 is 0. The van der Waals surface area contributed by atoms with Crippen LogP contribution in [0.3, 0.4) is 0 Å². The van der Waals surface area contributed by atoms with E-state index in [0.29, 0.717) is 5.69 Å². The Labute approximate surface area is 101 Å². The predicted octanol–water partition coefficient (Wildman–Crippen LogP) is 2.19. The highest BCUT2D eigenvalue weighted by Crippen LogP contribution is 2.29. The van der Waals surface area contributed by atoms with Crippen molar-refractivity contribution in [3.63, 3.8) is 0 Å². The molecule has 1 aromatic rings. The van der Waals surface area contributed by atoms with Gasteiger partial charge in [0.15, 0.2) is 5.69 Å². The SMILES string of the molecule is CCCCCn1nnc(C#N)c1C1CCCO1. The Hall–Kier alpha value is -1.41. The maximum absolute atomic E-state index is 9.04. The Kier molecular flexibility index (Phi) is 4.10. The summed E-state index contributed by atoms with van der Waals surface area (Å²) in [6.07, 6.45) is 5.46. The number of unbranched alkanes of at least 4 members (excludes halogenated alkanes) is 2. The molecule has 0 aromatic carbocycles. The molecule has 1 atom stereocenters. The Balaban J connectivity index is 2.14. The number of aryl methyl sites for hydroxylation is 1. The van der Waals surface area contributed by atoms with E-state index in [9.17, 15) is 0 Å². The largest absolute Gasteiger partial charge is 0.372 e. The van der Waals surface area contributed by atoms with Gasteiger partial charge in [-0.25, -0.2) is 4.68 Å². The van der Waals surface area contributed by atoms with Crippen molar-refractivity contribution in [1.29, 1.82) is 5.26 Å². The Morgan fingerprint density at radius 1 is 1.53 bits per heavy atom. The molecule has 1 aromatic heterocycles. The Morgan fingerprint density at radius 3 is 3.06 bits per heavy atom. The van der Waals surface area contributed by atoms with E-state index in [1.165, 1.54) is 12.8 Å². The summed E-state index contributed by atoms with van der Waals surface area (Å²) in [6.45, 7) is 3.77. The van der Waals surface area contributed by atoms with Gasteiger partial charge in [0, 0.05) is 13.2 Å². The lowest BCUT2D eigenvalue weighted by molar-refractivity contribution is 0.104. The van der Waals surface area contributed by atoms with Gasteiger partial charge in [0.05, 0.1) is 0 Å². The summed E-state index contributed by atoms with van der Waals surface area (Å²) in [5, 5.41) is 17.0. The fourth-order valence-electron chi connectivity index (χ4n) is 2.19. The average Bonchev–Trinajstić information content (AvgIpc) is 2.96. The Morgan fingerprint density at radius 2 is 2.41 bits per heavy atom. The van der Waals surface area contributed by atoms with E-state index in [4.69, 9.17) is 10.00 Å². The highest BCUT2D eigenvalue weighted by Gasteiger charge is 2.26. The van der Waals surface area contributed by atoms with Gasteiger partial charge in [-0.2, -0.15) is 5.26 Å². The van der Waals surface area contributed by atoms with E-state index in [1.54, 1.807) is 0 Å². The molecule has 5 nitrogen and oxygen atoms in total. The second-order valence-corrected chi connectivity index (χ2v) is 4.37. The molecule has 2 rings (SSSR count). The molecule has 0 amide bonds. The molecule has 1 fully saturated rings. The van der Waals surface area contributed by atoms with Gasteiger partial charge in [-0.3, -0.25) is 0 Å². The lowest BCUT2D eigenvalue weighted by Crippen LogP contribution is -2.10. The first kappa shape index (κ1) is 12.1. The lowest BCUT2D eigenvalue weighted by Gasteiger charge is -2.11. The highest BCUT2D eigenvalue weighted by atomic mass is 16.5. The number of aromatic nitrogens is 3. The van der Waals surface area contributed by atoms with Crippen molar-refractivity contribution in [1.82, 2.24) is 15.0 Å². The molecule has 17 heavy (non-hydrogen) atoms. The van der Waals surface area contributed by atoms with Crippen molar-refractivity contribution < 1.29 is 4.74 Å². The maximum atomic E-state index is 9.04. The minimum atomic E-state index is 0.0151. The third-order valence-electron chi connectivity index (χ3n) is 3.09. The van der Waals surface area contributed by atoms with E-state index in [2.05, 4.69) is 23.3 Å². The molecule has 0 saturated carbocycles. The van der Waals surface area contributed by atoms with Gasteiger partial charge in [-0.15, -0.1) is 5.10 Å². The quantitative estimate of drug-likeness (QED) is 0.732. The van der Waals surface area contributed by atoms with Gasteiger partial charge in [-0.05, 0) is 19.3 Å². The monoisotopic (exact) mass is 234 g/mol. The molecular weight excluding hydrogens is 216 g/mol. The third kappa shape index (κ3) is 2.64. The summed E-state index contributed by atoms with van der Waals surface area (Å²) in [5.41, 5.74) is 1.30. The topological polar surface area (TPSA) is 63.7 Å². The minimum Gasteiger partial charge on any atom is -0.372 e. The smallest absolute Gasteiger partial charge is 0.188 e. The number of nitriles is 1. The van der Waals surface area contributed by atoms with Crippen molar-refractivity contribution in [2.75, 3.05) is 6.61 Å². The zero-order valence-electron chi connectivity index (χ0n) is 10.2.